The summed E-state index contributed by atoms with van der Waals surface area (Å²) < 4.78 is 5.94. The van der Waals surface area contributed by atoms with Crippen LogP contribution in [0, 0.1) is 11.8 Å². The molecule has 1 saturated carbocycles. The molecule has 0 aliphatic heterocycles. The first-order valence-corrected chi connectivity index (χ1v) is 7.55. The third kappa shape index (κ3) is 1.98. The van der Waals surface area contributed by atoms with Gasteiger partial charge in [0.2, 0.25) is 0 Å². The molecule has 3 unspecified atom stereocenters. The fourth-order valence-electron chi connectivity index (χ4n) is 3.84. The van der Waals surface area contributed by atoms with Gasteiger partial charge in [-0.15, -0.1) is 0 Å². The largest absolute Gasteiger partial charge is 0.455 e. The van der Waals surface area contributed by atoms with Crippen molar-refractivity contribution in [3.8, 4) is 0 Å². The van der Waals surface area contributed by atoms with Gasteiger partial charge in [-0.3, -0.25) is 0 Å². The fraction of sp³-hybridized carbons (Fsp3) is 0.316. The van der Waals surface area contributed by atoms with E-state index in [1.54, 1.807) is 0 Å². The number of allylic oxidation sites excluding steroid dienone is 1. The number of hydrogen-bond acceptors (Lipinski definition) is 2. The minimum atomic E-state index is -0.340. The van der Waals surface area contributed by atoms with Crippen LogP contribution in [0.25, 0.3) is 10.8 Å². The van der Waals surface area contributed by atoms with E-state index in [1.165, 1.54) is 0 Å². The van der Waals surface area contributed by atoms with Crippen LogP contribution in [0.5, 0.6) is 0 Å². The Morgan fingerprint density at radius 2 is 1.95 bits per heavy atom. The smallest absolute Gasteiger partial charge is 0.339 e. The van der Waals surface area contributed by atoms with Crippen LogP contribution in [0.15, 0.2) is 54.6 Å². The molecular formula is C19H18O2. The van der Waals surface area contributed by atoms with Crippen molar-refractivity contribution in [3.05, 3.63) is 60.2 Å². The normalized spacial score (nSPS) is 30.0. The van der Waals surface area contributed by atoms with E-state index in [0.717, 1.165) is 23.6 Å². The molecule has 0 aromatic heterocycles. The molecule has 4 rings (SSSR count). The molecule has 2 nitrogen and oxygen atoms in total. The Kier molecular flexibility index (Phi) is 2.68. The number of benzene rings is 2. The molecule has 0 N–H and O–H groups in total. The average molecular weight is 278 g/mol. The second kappa shape index (κ2) is 4.45. The molecule has 0 saturated heterocycles. The highest BCUT2D eigenvalue weighted by Gasteiger charge is 2.48. The minimum Gasteiger partial charge on any atom is -0.455 e. The van der Waals surface area contributed by atoms with E-state index in [1.807, 2.05) is 42.5 Å². The number of fused-ring (bicyclic) bond motifs is 3. The molecule has 2 aromatic carbocycles. The lowest BCUT2D eigenvalue weighted by atomic mass is 9.90. The maximum Gasteiger partial charge on any atom is 0.339 e. The summed E-state index contributed by atoms with van der Waals surface area (Å²) in [6.45, 7) is 2.07. The molecule has 2 aliphatic carbocycles. The molecule has 0 spiro atoms. The number of carbonyl (C=O) groups is 1. The van der Waals surface area contributed by atoms with Crippen LogP contribution in [-0.4, -0.2) is 11.6 Å². The lowest BCUT2D eigenvalue weighted by Crippen LogP contribution is -2.35. The lowest BCUT2D eigenvalue weighted by molar-refractivity contribution is -0.0216. The van der Waals surface area contributed by atoms with E-state index in [4.69, 9.17) is 4.74 Å². The number of ether oxygens (including phenoxy) is 1. The Labute approximate surface area is 124 Å². The van der Waals surface area contributed by atoms with Crippen LogP contribution in [-0.2, 0) is 4.74 Å². The van der Waals surface area contributed by atoms with E-state index < -0.39 is 0 Å². The Hall–Kier alpha value is -2.09. The van der Waals surface area contributed by atoms with Crippen LogP contribution < -0.4 is 0 Å². The Morgan fingerprint density at radius 3 is 2.71 bits per heavy atom. The number of esters is 1. The molecule has 106 valence electrons. The quantitative estimate of drug-likeness (QED) is 0.603. The summed E-state index contributed by atoms with van der Waals surface area (Å²) in [5.74, 6) is 0.761. The Bertz CT molecular complexity index is 741. The van der Waals surface area contributed by atoms with E-state index >= 15 is 0 Å². The Morgan fingerprint density at radius 1 is 1.14 bits per heavy atom. The zero-order valence-electron chi connectivity index (χ0n) is 12.1. The molecule has 0 radical (unpaired) electrons. The van der Waals surface area contributed by atoms with E-state index in [9.17, 15) is 4.79 Å². The van der Waals surface area contributed by atoms with Gasteiger partial charge in [0.25, 0.3) is 0 Å². The SMILES string of the molecule is CC1(OC(=O)c2cccc3ccccc23)CC2C=CC1C2. The molecule has 3 atom stereocenters. The van der Waals surface area contributed by atoms with E-state index in [0.29, 0.717) is 17.4 Å². The maximum atomic E-state index is 12.6. The van der Waals surface area contributed by atoms with Crippen molar-refractivity contribution >= 4 is 16.7 Å². The van der Waals surface area contributed by atoms with Crippen molar-refractivity contribution in [3.63, 3.8) is 0 Å². The van der Waals surface area contributed by atoms with Crippen LogP contribution in [0.2, 0.25) is 0 Å². The molecule has 0 amide bonds. The van der Waals surface area contributed by atoms with Gasteiger partial charge in [0, 0.05) is 5.92 Å². The molecule has 2 aromatic rings. The molecular weight excluding hydrogens is 260 g/mol. The van der Waals surface area contributed by atoms with Crippen molar-refractivity contribution in [2.45, 2.75) is 25.4 Å². The van der Waals surface area contributed by atoms with Crippen LogP contribution in [0.1, 0.15) is 30.1 Å². The predicted molar refractivity (Wildman–Crippen MR) is 83.1 cm³/mol. The van der Waals surface area contributed by atoms with Crippen LogP contribution in [0.3, 0.4) is 0 Å². The minimum absolute atomic E-state index is 0.199. The van der Waals surface area contributed by atoms with Crippen molar-refractivity contribution in [2.75, 3.05) is 0 Å². The van der Waals surface area contributed by atoms with Crippen LogP contribution in [0.4, 0.5) is 0 Å². The van der Waals surface area contributed by atoms with Gasteiger partial charge in [-0.2, -0.15) is 0 Å². The molecule has 1 fully saturated rings. The second-order valence-electron chi connectivity index (χ2n) is 6.42. The van der Waals surface area contributed by atoms with Gasteiger partial charge in [-0.1, -0.05) is 48.6 Å². The predicted octanol–water partition coefficient (Wildman–Crippen LogP) is 4.35. The van der Waals surface area contributed by atoms with Crippen molar-refractivity contribution < 1.29 is 9.53 Å². The summed E-state index contributed by atoms with van der Waals surface area (Å²) in [4.78, 5) is 12.6. The van der Waals surface area contributed by atoms with Gasteiger partial charge >= 0.3 is 5.97 Å². The summed E-state index contributed by atoms with van der Waals surface area (Å²) in [5, 5.41) is 2.04. The third-order valence-corrected chi connectivity index (χ3v) is 4.96. The third-order valence-electron chi connectivity index (χ3n) is 4.96. The summed E-state index contributed by atoms with van der Waals surface area (Å²) in [6.07, 6.45) is 6.55. The average Bonchev–Trinajstić information content (AvgIpc) is 3.06. The first-order chi connectivity index (χ1) is 10.2. The highest BCUT2D eigenvalue weighted by Crippen LogP contribution is 2.48. The standard InChI is InChI=1S/C19H18O2/c1-19(12-13-9-10-15(19)11-13)21-18(20)17-8-4-6-14-5-2-3-7-16(14)17/h2-10,13,15H,11-12H2,1H3. The first-order valence-electron chi connectivity index (χ1n) is 7.55. The molecule has 2 aliphatic rings. The summed E-state index contributed by atoms with van der Waals surface area (Å²) >= 11 is 0. The summed E-state index contributed by atoms with van der Waals surface area (Å²) in [6, 6.07) is 13.7. The van der Waals surface area contributed by atoms with Gasteiger partial charge < -0.3 is 4.74 Å². The monoisotopic (exact) mass is 278 g/mol. The maximum absolute atomic E-state index is 12.6. The molecule has 2 heteroatoms. The van der Waals surface area contributed by atoms with Gasteiger partial charge in [0.15, 0.2) is 0 Å². The fourth-order valence-corrected chi connectivity index (χ4v) is 3.84. The van der Waals surface area contributed by atoms with Gasteiger partial charge in [-0.25, -0.2) is 4.79 Å². The van der Waals surface area contributed by atoms with Gasteiger partial charge in [0.1, 0.15) is 5.60 Å². The highest BCUT2D eigenvalue weighted by atomic mass is 16.6. The summed E-state index contributed by atoms with van der Waals surface area (Å²) in [5.41, 5.74) is 0.328. The molecule has 2 bridgehead atoms. The molecule has 21 heavy (non-hydrogen) atoms. The van der Waals surface area contributed by atoms with Crippen molar-refractivity contribution in [1.29, 1.82) is 0 Å². The van der Waals surface area contributed by atoms with E-state index in [-0.39, 0.29) is 11.6 Å². The van der Waals surface area contributed by atoms with Gasteiger partial charge in [-0.05, 0) is 42.5 Å². The number of rotatable bonds is 2. The van der Waals surface area contributed by atoms with Crippen LogP contribution >= 0.6 is 0 Å². The molecule has 0 heterocycles. The summed E-state index contributed by atoms with van der Waals surface area (Å²) in [7, 11) is 0. The zero-order valence-corrected chi connectivity index (χ0v) is 12.1. The lowest BCUT2D eigenvalue weighted by Gasteiger charge is -2.31. The number of carbonyl (C=O) groups excluding carboxylic acids is 1. The first kappa shape index (κ1) is 12.6. The van der Waals surface area contributed by atoms with Crippen molar-refractivity contribution in [2.24, 2.45) is 11.8 Å². The van der Waals surface area contributed by atoms with Gasteiger partial charge in [0.05, 0.1) is 5.56 Å². The van der Waals surface area contributed by atoms with Crippen molar-refractivity contribution in [1.82, 2.24) is 0 Å². The number of hydrogen-bond donors (Lipinski definition) is 0. The zero-order chi connectivity index (χ0) is 14.4. The Balaban J connectivity index is 1.67. The second-order valence-corrected chi connectivity index (χ2v) is 6.42. The van der Waals surface area contributed by atoms with E-state index in [2.05, 4.69) is 19.1 Å². The topological polar surface area (TPSA) is 26.3 Å². The highest BCUT2D eigenvalue weighted by molar-refractivity contribution is 6.04.